The van der Waals surface area contributed by atoms with E-state index in [1.54, 1.807) is 12.0 Å². The molecule has 0 aromatic heterocycles. The molecule has 4 nitrogen and oxygen atoms in total. The van der Waals surface area contributed by atoms with E-state index in [1.165, 1.54) is 11.1 Å². The monoisotopic (exact) mass is 324 g/mol. The summed E-state index contributed by atoms with van der Waals surface area (Å²) in [5.74, 6) is 0.867. The highest BCUT2D eigenvalue weighted by Gasteiger charge is 2.18. The van der Waals surface area contributed by atoms with Gasteiger partial charge < -0.3 is 9.64 Å². The van der Waals surface area contributed by atoms with E-state index in [-0.39, 0.29) is 0 Å². The molecule has 0 atom stereocenters. The lowest BCUT2D eigenvalue weighted by Gasteiger charge is -2.30. The van der Waals surface area contributed by atoms with Gasteiger partial charge in [0.05, 0.1) is 39.5 Å². The molecule has 4 heteroatoms. The van der Waals surface area contributed by atoms with Crippen molar-refractivity contribution in [3.05, 3.63) is 65.2 Å². The van der Waals surface area contributed by atoms with Gasteiger partial charge >= 0.3 is 0 Å². The molecule has 2 aromatic rings. The molecule has 1 saturated heterocycles. The molecule has 0 spiro atoms. The molecule has 1 N–H and O–H groups in total. The van der Waals surface area contributed by atoms with Crippen molar-refractivity contribution in [2.75, 3.05) is 33.3 Å². The number of methoxy groups -OCH3 is 1. The van der Waals surface area contributed by atoms with Gasteiger partial charge in [-0.25, -0.2) is 0 Å². The summed E-state index contributed by atoms with van der Waals surface area (Å²) in [4.78, 5) is 1.63. The fourth-order valence-electron chi connectivity index (χ4n) is 2.97. The molecule has 0 saturated carbocycles. The Labute approximate surface area is 144 Å². The molecule has 0 amide bonds. The van der Waals surface area contributed by atoms with Crippen LogP contribution in [-0.2, 0) is 6.54 Å². The molecule has 1 aliphatic heterocycles. The minimum atomic E-state index is 0.867. The van der Waals surface area contributed by atoms with Gasteiger partial charge in [0, 0.05) is 5.56 Å². The predicted molar refractivity (Wildman–Crippen MR) is 97.7 cm³/mol. The lowest BCUT2D eigenvalue weighted by Crippen LogP contribution is -3.13. The van der Waals surface area contributed by atoms with E-state index in [0.29, 0.717) is 0 Å². The molecule has 0 aliphatic carbocycles. The van der Waals surface area contributed by atoms with Crippen LogP contribution in [0.15, 0.2) is 53.6 Å². The van der Waals surface area contributed by atoms with Crippen molar-refractivity contribution < 1.29 is 9.64 Å². The van der Waals surface area contributed by atoms with E-state index in [2.05, 4.69) is 41.3 Å². The quantitative estimate of drug-likeness (QED) is 0.849. The van der Waals surface area contributed by atoms with Crippen LogP contribution in [0.25, 0.3) is 0 Å². The van der Waals surface area contributed by atoms with E-state index in [1.807, 2.05) is 30.5 Å². The maximum Gasteiger partial charge on any atom is 0.119 e. The molecule has 2 aromatic carbocycles. The highest BCUT2D eigenvalue weighted by molar-refractivity contribution is 5.79. The van der Waals surface area contributed by atoms with Gasteiger partial charge in [0.25, 0.3) is 0 Å². The second-order valence-corrected chi connectivity index (χ2v) is 6.39. The average Bonchev–Trinajstić information content (AvgIpc) is 2.63. The SMILES string of the molecule is COc1cccc(/C=N\N2CC[NH+](Cc3ccc(C)cc3)CC2)c1. The molecule has 126 valence electrons. The summed E-state index contributed by atoms with van der Waals surface area (Å²) in [6.45, 7) is 7.50. The van der Waals surface area contributed by atoms with Crippen molar-refractivity contribution in [3.63, 3.8) is 0 Å². The van der Waals surface area contributed by atoms with Gasteiger partial charge in [-0.15, -0.1) is 0 Å². The van der Waals surface area contributed by atoms with Gasteiger partial charge in [-0.1, -0.05) is 42.0 Å². The summed E-state index contributed by atoms with van der Waals surface area (Å²) in [6.07, 6.45) is 1.92. The molecular formula is C20H26N3O+. The fourth-order valence-corrected chi connectivity index (χ4v) is 2.97. The number of piperazine rings is 1. The first-order valence-corrected chi connectivity index (χ1v) is 8.55. The van der Waals surface area contributed by atoms with Crippen LogP contribution in [0.1, 0.15) is 16.7 Å². The van der Waals surface area contributed by atoms with E-state index in [4.69, 9.17) is 4.74 Å². The van der Waals surface area contributed by atoms with Crippen molar-refractivity contribution in [2.45, 2.75) is 13.5 Å². The molecule has 1 heterocycles. The van der Waals surface area contributed by atoms with Gasteiger partial charge in [-0.2, -0.15) is 5.10 Å². The lowest BCUT2D eigenvalue weighted by atomic mass is 10.1. The Morgan fingerprint density at radius 3 is 2.58 bits per heavy atom. The standard InChI is InChI=1S/C20H25N3O/c1-17-6-8-18(9-7-17)16-22-10-12-23(13-11-22)21-15-19-4-3-5-20(14-19)24-2/h3-9,14-15H,10-13,16H2,1-2H3/p+1/b21-15-. The third kappa shape index (κ3) is 4.59. The van der Waals surface area contributed by atoms with Crippen LogP contribution in [-0.4, -0.2) is 44.5 Å². The third-order valence-corrected chi connectivity index (χ3v) is 4.49. The number of aryl methyl sites for hydroxylation is 1. The molecule has 24 heavy (non-hydrogen) atoms. The number of hydrazone groups is 1. The van der Waals surface area contributed by atoms with E-state index >= 15 is 0 Å². The molecule has 0 unspecified atom stereocenters. The number of ether oxygens (including phenoxy) is 1. The van der Waals surface area contributed by atoms with Gasteiger partial charge in [0.15, 0.2) is 0 Å². The predicted octanol–water partition coefficient (Wildman–Crippen LogP) is 1.74. The zero-order valence-electron chi connectivity index (χ0n) is 14.5. The first kappa shape index (κ1) is 16.5. The van der Waals surface area contributed by atoms with Crippen molar-refractivity contribution in [1.82, 2.24) is 5.01 Å². The van der Waals surface area contributed by atoms with Crippen molar-refractivity contribution >= 4 is 6.21 Å². The zero-order chi connectivity index (χ0) is 16.8. The Kier molecular flexibility index (Phi) is 5.49. The summed E-state index contributed by atoms with van der Waals surface area (Å²) in [5.41, 5.74) is 3.82. The minimum absolute atomic E-state index is 0.867. The van der Waals surface area contributed by atoms with Gasteiger partial charge in [-0.3, -0.25) is 5.01 Å². The van der Waals surface area contributed by atoms with Crippen molar-refractivity contribution in [3.8, 4) is 5.75 Å². The number of nitrogens with one attached hydrogen (secondary N) is 1. The number of hydrogen-bond acceptors (Lipinski definition) is 3. The van der Waals surface area contributed by atoms with Gasteiger partial charge in [0.1, 0.15) is 12.3 Å². The van der Waals surface area contributed by atoms with Crippen LogP contribution in [0.5, 0.6) is 5.75 Å². The average molecular weight is 324 g/mol. The number of quaternary nitrogens is 1. The maximum absolute atomic E-state index is 5.25. The van der Waals surface area contributed by atoms with Crippen LogP contribution in [0.4, 0.5) is 0 Å². The normalized spacial score (nSPS) is 15.8. The Hall–Kier alpha value is -2.33. The first-order chi connectivity index (χ1) is 11.7. The Balaban J connectivity index is 1.49. The zero-order valence-corrected chi connectivity index (χ0v) is 14.5. The largest absolute Gasteiger partial charge is 0.497 e. The van der Waals surface area contributed by atoms with Crippen LogP contribution >= 0.6 is 0 Å². The Bertz CT molecular complexity index is 674. The van der Waals surface area contributed by atoms with E-state index in [9.17, 15) is 0 Å². The number of rotatable bonds is 5. The Morgan fingerprint density at radius 2 is 1.88 bits per heavy atom. The smallest absolute Gasteiger partial charge is 0.119 e. The van der Waals surface area contributed by atoms with Crippen LogP contribution in [0, 0.1) is 6.92 Å². The van der Waals surface area contributed by atoms with Crippen LogP contribution < -0.4 is 9.64 Å². The second-order valence-electron chi connectivity index (χ2n) is 6.39. The maximum atomic E-state index is 5.25. The molecule has 1 fully saturated rings. The van der Waals surface area contributed by atoms with Crippen molar-refractivity contribution in [1.29, 1.82) is 0 Å². The second kappa shape index (κ2) is 7.97. The van der Waals surface area contributed by atoms with Crippen LogP contribution in [0.3, 0.4) is 0 Å². The van der Waals surface area contributed by atoms with Crippen molar-refractivity contribution in [2.24, 2.45) is 5.10 Å². The number of benzene rings is 2. The highest BCUT2D eigenvalue weighted by Crippen LogP contribution is 2.11. The molecule has 1 aliphatic rings. The molecule has 0 bridgehead atoms. The minimum Gasteiger partial charge on any atom is -0.497 e. The molecule has 3 rings (SSSR count). The summed E-state index contributed by atoms with van der Waals surface area (Å²) < 4.78 is 5.25. The van der Waals surface area contributed by atoms with Crippen LogP contribution in [0.2, 0.25) is 0 Å². The summed E-state index contributed by atoms with van der Waals surface area (Å²) in [6, 6.07) is 16.9. The number of nitrogens with zero attached hydrogens (tertiary/aromatic N) is 2. The van der Waals surface area contributed by atoms with E-state index < -0.39 is 0 Å². The first-order valence-electron chi connectivity index (χ1n) is 8.55. The Morgan fingerprint density at radius 1 is 1.12 bits per heavy atom. The molecule has 0 radical (unpaired) electrons. The summed E-state index contributed by atoms with van der Waals surface area (Å²) in [5, 5.41) is 6.79. The topological polar surface area (TPSA) is 29.3 Å². The summed E-state index contributed by atoms with van der Waals surface area (Å²) in [7, 11) is 1.69. The molecular weight excluding hydrogens is 298 g/mol. The fraction of sp³-hybridized carbons (Fsp3) is 0.350. The lowest BCUT2D eigenvalue weighted by molar-refractivity contribution is -0.918. The van der Waals surface area contributed by atoms with Gasteiger partial charge in [0.2, 0.25) is 0 Å². The highest BCUT2D eigenvalue weighted by atomic mass is 16.5. The third-order valence-electron chi connectivity index (χ3n) is 4.49. The number of hydrogen-bond donors (Lipinski definition) is 1. The van der Waals surface area contributed by atoms with E-state index in [0.717, 1.165) is 44.0 Å². The summed E-state index contributed by atoms with van der Waals surface area (Å²) >= 11 is 0. The van der Waals surface area contributed by atoms with Gasteiger partial charge in [-0.05, 0) is 24.6 Å².